The van der Waals surface area contributed by atoms with Gasteiger partial charge in [0.2, 0.25) is 0 Å². The molecule has 1 heterocycles. The third kappa shape index (κ3) is 2.16. The number of hydrogen-bond donors (Lipinski definition) is 0. The lowest BCUT2D eigenvalue weighted by atomic mass is 9.80. The largest absolute Gasteiger partial charge is 0.297 e. The summed E-state index contributed by atoms with van der Waals surface area (Å²) in [4.78, 5) is 15.2. The number of Topliss-reactive ketones (excluding diaryl/α,β-unsaturated/α-hetero) is 1. The maximum Gasteiger partial charge on any atom is 0.155 e. The van der Waals surface area contributed by atoms with E-state index < -0.39 is 0 Å². The third-order valence-corrected chi connectivity index (χ3v) is 4.83. The number of fused-ring (bicyclic) bond motifs is 1. The molecule has 1 saturated carbocycles. The minimum Gasteiger partial charge on any atom is -0.297 e. The molecule has 0 unspecified atom stereocenters. The summed E-state index contributed by atoms with van der Waals surface area (Å²) in [6.07, 6.45) is 2.22. The normalized spacial score (nSPS) is 33.6. The summed E-state index contributed by atoms with van der Waals surface area (Å²) in [5, 5.41) is 0. The van der Waals surface area contributed by atoms with Gasteiger partial charge in [-0.1, -0.05) is 20.8 Å². The number of carbonyl (C=O) groups is 1. The maximum absolute atomic E-state index is 12.8. The Labute approximate surface area is 106 Å². The van der Waals surface area contributed by atoms with Crippen LogP contribution in [0.2, 0.25) is 0 Å². The Hall–Kier alpha value is -0.370. The molecule has 0 spiro atoms. The van der Waals surface area contributed by atoms with Crippen LogP contribution >= 0.6 is 0 Å². The average molecular weight is 237 g/mol. The summed E-state index contributed by atoms with van der Waals surface area (Å²) in [6.45, 7) is 14.2. The lowest BCUT2D eigenvalue weighted by Crippen LogP contribution is -2.52. The zero-order valence-electron chi connectivity index (χ0n) is 12.2. The van der Waals surface area contributed by atoms with Crippen molar-refractivity contribution in [3.05, 3.63) is 0 Å². The van der Waals surface area contributed by atoms with Gasteiger partial charge in [-0.2, -0.15) is 0 Å². The average Bonchev–Trinajstić information content (AvgIpc) is 2.87. The summed E-state index contributed by atoms with van der Waals surface area (Å²) in [5.74, 6) is 1.93. The molecule has 0 bridgehead atoms. The van der Waals surface area contributed by atoms with Crippen LogP contribution in [-0.4, -0.2) is 28.8 Å². The van der Waals surface area contributed by atoms with Gasteiger partial charge in [0.25, 0.3) is 0 Å². The lowest BCUT2D eigenvalue weighted by molar-refractivity contribution is -0.134. The van der Waals surface area contributed by atoms with Crippen LogP contribution in [-0.2, 0) is 4.79 Å². The van der Waals surface area contributed by atoms with E-state index in [1.54, 1.807) is 0 Å². The summed E-state index contributed by atoms with van der Waals surface area (Å²) >= 11 is 0. The van der Waals surface area contributed by atoms with Crippen LogP contribution in [0.15, 0.2) is 0 Å². The standard InChI is InChI=1S/C15H27NO/c1-7-15(5,6)13(17)12-11-8-10(11)9-16(12)14(2,3)4/h10-12H,7-9H2,1-6H3/t10-,11-,12+/m1/s1. The van der Waals surface area contributed by atoms with Gasteiger partial charge < -0.3 is 0 Å². The van der Waals surface area contributed by atoms with Crippen molar-refractivity contribution in [2.75, 3.05) is 6.54 Å². The fourth-order valence-electron chi connectivity index (χ4n) is 3.07. The number of nitrogens with zero attached hydrogens (tertiary/aromatic N) is 1. The highest BCUT2D eigenvalue weighted by atomic mass is 16.1. The van der Waals surface area contributed by atoms with Gasteiger partial charge in [0.1, 0.15) is 0 Å². The first-order valence-corrected chi connectivity index (χ1v) is 6.99. The van der Waals surface area contributed by atoms with Crippen molar-refractivity contribution in [3.8, 4) is 0 Å². The predicted molar refractivity (Wildman–Crippen MR) is 70.9 cm³/mol. The minimum absolute atomic E-state index is 0.123. The van der Waals surface area contributed by atoms with E-state index in [1.807, 2.05) is 0 Å². The van der Waals surface area contributed by atoms with Gasteiger partial charge in [-0.25, -0.2) is 0 Å². The molecule has 2 nitrogen and oxygen atoms in total. The van der Waals surface area contributed by atoms with Gasteiger partial charge in [-0.3, -0.25) is 9.69 Å². The van der Waals surface area contributed by atoms with Crippen LogP contribution in [0.5, 0.6) is 0 Å². The molecule has 17 heavy (non-hydrogen) atoms. The monoisotopic (exact) mass is 237 g/mol. The molecule has 0 aromatic rings. The highest BCUT2D eigenvalue weighted by molar-refractivity contribution is 5.90. The molecule has 2 heteroatoms. The minimum atomic E-state index is -0.161. The van der Waals surface area contributed by atoms with E-state index in [2.05, 4.69) is 46.4 Å². The Morgan fingerprint density at radius 1 is 1.24 bits per heavy atom. The number of ketones is 1. The predicted octanol–water partition coefficient (Wildman–Crippen LogP) is 3.11. The topological polar surface area (TPSA) is 20.3 Å². The van der Waals surface area contributed by atoms with Crippen LogP contribution in [0.3, 0.4) is 0 Å². The van der Waals surface area contributed by atoms with E-state index >= 15 is 0 Å². The van der Waals surface area contributed by atoms with Crippen LogP contribution in [0.4, 0.5) is 0 Å². The molecule has 1 aliphatic heterocycles. The maximum atomic E-state index is 12.8. The van der Waals surface area contributed by atoms with Gasteiger partial charge in [0.05, 0.1) is 6.04 Å². The molecule has 2 rings (SSSR count). The van der Waals surface area contributed by atoms with Crippen LogP contribution in [0, 0.1) is 17.3 Å². The van der Waals surface area contributed by atoms with Gasteiger partial charge in [0.15, 0.2) is 5.78 Å². The second kappa shape index (κ2) is 3.81. The Bertz CT molecular complexity index is 326. The number of likely N-dealkylation sites (tertiary alicyclic amines) is 1. The van der Waals surface area contributed by atoms with E-state index in [9.17, 15) is 4.79 Å². The third-order valence-electron chi connectivity index (χ3n) is 4.83. The van der Waals surface area contributed by atoms with E-state index in [4.69, 9.17) is 0 Å². The molecule has 2 fully saturated rings. The highest BCUT2D eigenvalue weighted by Gasteiger charge is 2.58. The first-order valence-electron chi connectivity index (χ1n) is 6.99. The molecule has 0 N–H and O–H groups in total. The Morgan fingerprint density at radius 3 is 2.29 bits per heavy atom. The van der Waals surface area contributed by atoms with E-state index in [0.29, 0.717) is 11.7 Å². The number of carbonyl (C=O) groups excluding carboxylic acids is 1. The fourth-order valence-corrected chi connectivity index (χ4v) is 3.07. The Kier molecular flexibility index (Phi) is 2.93. The highest BCUT2D eigenvalue weighted by Crippen LogP contribution is 2.53. The van der Waals surface area contributed by atoms with E-state index in [-0.39, 0.29) is 17.0 Å². The van der Waals surface area contributed by atoms with Crippen molar-refractivity contribution >= 4 is 5.78 Å². The lowest BCUT2D eigenvalue weighted by Gasteiger charge is -2.40. The summed E-state index contributed by atoms with van der Waals surface area (Å²) in [5.41, 5.74) is -0.0385. The van der Waals surface area contributed by atoms with Gasteiger partial charge in [0, 0.05) is 17.5 Å². The molecule has 0 aromatic heterocycles. The van der Waals surface area contributed by atoms with Gasteiger partial charge in [-0.05, 0) is 45.4 Å². The fraction of sp³-hybridized carbons (Fsp3) is 0.933. The van der Waals surface area contributed by atoms with Crippen LogP contribution in [0.1, 0.15) is 54.4 Å². The van der Waals surface area contributed by atoms with Gasteiger partial charge in [-0.15, -0.1) is 0 Å². The smallest absolute Gasteiger partial charge is 0.155 e. The molecule has 0 amide bonds. The number of piperidine rings is 1. The first kappa shape index (κ1) is 13.1. The molecule has 98 valence electrons. The Balaban J connectivity index is 2.21. The van der Waals surface area contributed by atoms with Crippen LogP contribution in [0.25, 0.3) is 0 Å². The molecule has 0 radical (unpaired) electrons. The Morgan fingerprint density at radius 2 is 1.82 bits per heavy atom. The summed E-state index contributed by atoms with van der Waals surface area (Å²) in [6, 6.07) is 0.190. The van der Waals surface area contributed by atoms with Gasteiger partial charge >= 0.3 is 0 Å². The molecular formula is C15H27NO. The molecule has 1 aliphatic carbocycles. The first-order chi connectivity index (χ1) is 7.68. The molecule has 2 aliphatic rings. The van der Waals surface area contributed by atoms with Crippen molar-refractivity contribution in [1.82, 2.24) is 4.90 Å². The van der Waals surface area contributed by atoms with Crippen molar-refractivity contribution in [3.63, 3.8) is 0 Å². The zero-order valence-corrected chi connectivity index (χ0v) is 12.2. The number of rotatable bonds is 3. The van der Waals surface area contributed by atoms with E-state index in [0.717, 1.165) is 18.9 Å². The van der Waals surface area contributed by atoms with Crippen molar-refractivity contribution in [2.24, 2.45) is 17.3 Å². The zero-order chi connectivity index (χ0) is 13.0. The molecular weight excluding hydrogens is 210 g/mol. The molecule has 1 saturated heterocycles. The SMILES string of the molecule is CCC(C)(C)C(=O)[C@@H]1[C@@H]2C[C@@H]2CN1C(C)(C)C. The van der Waals surface area contributed by atoms with Crippen molar-refractivity contribution in [2.45, 2.75) is 66.0 Å². The van der Waals surface area contributed by atoms with Crippen LogP contribution < -0.4 is 0 Å². The van der Waals surface area contributed by atoms with E-state index in [1.165, 1.54) is 6.42 Å². The van der Waals surface area contributed by atoms with Crippen molar-refractivity contribution < 1.29 is 4.79 Å². The second-order valence-electron chi connectivity index (χ2n) is 7.53. The quantitative estimate of drug-likeness (QED) is 0.751. The second-order valence-corrected chi connectivity index (χ2v) is 7.53. The molecule has 3 atom stereocenters. The number of hydrogen-bond acceptors (Lipinski definition) is 2. The van der Waals surface area contributed by atoms with Crippen molar-refractivity contribution in [1.29, 1.82) is 0 Å². The summed E-state index contributed by atoms with van der Waals surface area (Å²) in [7, 11) is 0. The molecule has 0 aromatic carbocycles. The summed E-state index contributed by atoms with van der Waals surface area (Å²) < 4.78 is 0.